The van der Waals surface area contributed by atoms with Crippen molar-refractivity contribution in [3.05, 3.63) is 11.9 Å². The van der Waals surface area contributed by atoms with Crippen molar-refractivity contribution in [2.45, 2.75) is 12.8 Å². The van der Waals surface area contributed by atoms with Crippen LogP contribution in [0.4, 0.5) is 0 Å². The van der Waals surface area contributed by atoms with Gasteiger partial charge in [-0.1, -0.05) is 21.1 Å². The predicted octanol–water partition coefficient (Wildman–Crippen LogP) is 1.16. The number of alkyl halides is 1. The van der Waals surface area contributed by atoms with E-state index in [0.717, 1.165) is 37.1 Å². The second-order valence-corrected chi connectivity index (χ2v) is 4.56. The van der Waals surface area contributed by atoms with Crippen LogP contribution in [0.3, 0.4) is 0 Å². The summed E-state index contributed by atoms with van der Waals surface area (Å²) in [5, 5.41) is 9.01. The summed E-state index contributed by atoms with van der Waals surface area (Å²) in [6.45, 7) is 1.70. The Bertz CT molecular complexity index is 307. The van der Waals surface area contributed by atoms with Gasteiger partial charge in [0, 0.05) is 37.0 Å². The van der Waals surface area contributed by atoms with Gasteiger partial charge < -0.3 is 4.74 Å². The van der Waals surface area contributed by atoms with Gasteiger partial charge in [-0.05, 0) is 6.42 Å². The minimum atomic E-state index is 0.232. The molecule has 0 spiro atoms. The Hall–Kier alpha value is -0.420. The molecule has 14 heavy (non-hydrogen) atoms. The third-order valence-corrected chi connectivity index (χ3v) is 3.86. The largest absolute Gasteiger partial charge is 0.381 e. The van der Waals surface area contributed by atoms with Crippen molar-refractivity contribution in [2.75, 3.05) is 18.5 Å². The Morgan fingerprint density at radius 2 is 2.57 bits per heavy atom. The lowest BCUT2D eigenvalue weighted by Crippen LogP contribution is -2.26. The minimum Gasteiger partial charge on any atom is -0.381 e. The Morgan fingerprint density at radius 3 is 3.07 bits per heavy atom. The maximum atomic E-state index is 5.45. The number of aryl methyl sites for hydroxylation is 1. The summed E-state index contributed by atoms with van der Waals surface area (Å²) in [7, 11) is 1.89. The predicted molar refractivity (Wildman–Crippen MR) is 56.4 cm³/mol. The van der Waals surface area contributed by atoms with Crippen LogP contribution in [0.5, 0.6) is 0 Å². The fraction of sp³-hybridized carbons (Fsp3) is 0.778. The Labute approximate surface area is 91.8 Å². The van der Waals surface area contributed by atoms with Crippen LogP contribution in [0.2, 0.25) is 0 Å². The summed E-state index contributed by atoms with van der Waals surface area (Å²) in [6.07, 6.45) is 4.03. The molecule has 0 aromatic carbocycles. The SMILES string of the molecule is Cn1cc(CC2(CBr)CCOC2)nn1. The number of aromatic nitrogens is 3. The second kappa shape index (κ2) is 3.98. The van der Waals surface area contributed by atoms with Crippen LogP contribution in [0, 0.1) is 5.41 Å². The van der Waals surface area contributed by atoms with Gasteiger partial charge in [-0.25, -0.2) is 0 Å². The molecular formula is C9H14BrN3O. The normalized spacial score (nSPS) is 27.0. The Morgan fingerprint density at radius 1 is 1.71 bits per heavy atom. The van der Waals surface area contributed by atoms with Crippen molar-refractivity contribution in [3.63, 3.8) is 0 Å². The van der Waals surface area contributed by atoms with Gasteiger partial charge in [0.25, 0.3) is 0 Å². The van der Waals surface area contributed by atoms with E-state index in [1.54, 1.807) is 4.68 Å². The minimum absolute atomic E-state index is 0.232. The van der Waals surface area contributed by atoms with E-state index in [9.17, 15) is 0 Å². The zero-order valence-electron chi connectivity index (χ0n) is 8.24. The van der Waals surface area contributed by atoms with Crippen LogP contribution >= 0.6 is 15.9 Å². The van der Waals surface area contributed by atoms with Crippen molar-refractivity contribution in [2.24, 2.45) is 12.5 Å². The van der Waals surface area contributed by atoms with Crippen LogP contribution < -0.4 is 0 Å². The molecule has 0 N–H and O–H groups in total. The third kappa shape index (κ3) is 1.98. The first-order chi connectivity index (χ1) is 6.74. The van der Waals surface area contributed by atoms with Gasteiger partial charge in [0.15, 0.2) is 0 Å². The van der Waals surface area contributed by atoms with E-state index in [0.29, 0.717) is 0 Å². The number of hydrogen-bond acceptors (Lipinski definition) is 3. The molecule has 1 atom stereocenters. The van der Waals surface area contributed by atoms with Crippen LogP contribution in [-0.2, 0) is 18.2 Å². The highest BCUT2D eigenvalue weighted by atomic mass is 79.9. The summed E-state index contributed by atoms with van der Waals surface area (Å²) >= 11 is 3.56. The van der Waals surface area contributed by atoms with Crippen LogP contribution in [-0.4, -0.2) is 33.5 Å². The monoisotopic (exact) mass is 259 g/mol. The lowest BCUT2D eigenvalue weighted by atomic mass is 9.85. The molecule has 0 amide bonds. The van der Waals surface area contributed by atoms with E-state index < -0.39 is 0 Å². The molecule has 5 heteroatoms. The summed E-state index contributed by atoms with van der Waals surface area (Å²) in [4.78, 5) is 0. The third-order valence-electron chi connectivity index (χ3n) is 2.67. The molecule has 0 saturated carbocycles. The van der Waals surface area contributed by atoms with Crippen molar-refractivity contribution >= 4 is 15.9 Å². The number of ether oxygens (including phenoxy) is 1. The molecule has 1 aliphatic heterocycles. The van der Waals surface area contributed by atoms with E-state index in [1.165, 1.54) is 0 Å². The maximum Gasteiger partial charge on any atom is 0.0833 e. The number of halogens is 1. The second-order valence-electron chi connectivity index (χ2n) is 4.00. The lowest BCUT2D eigenvalue weighted by Gasteiger charge is -2.22. The van der Waals surface area contributed by atoms with E-state index in [4.69, 9.17) is 4.74 Å². The first kappa shape index (κ1) is 10.1. The first-order valence-electron chi connectivity index (χ1n) is 4.73. The van der Waals surface area contributed by atoms with E-state index in [2.05, 4.69) is 26.2 Å². The van der Waals surface area contributed by atoms with Gasteiger partial charge in [-0.15, -0.1) is 5.10 Å². The zero-order valence-corrected chi connectivity index (χ0v) is 9.83. The standard InChI is InChI=1S/C9H14BrN3O/c1-13-5-8(11-12-13)4-9(6-10)2-3-14-7-9/h5H,2-4,6-7H2,1H3. The van der Waals surface area contributed by atoms with Gasteiger partial charge in [-0.3, -0.25) is 4.68 Å². The highest BCUT2D eigenvalue weighted by Gasteiger charge is 2.34. The van der Waals surface area contributed by atoms with Gasteiger partial charge >= 0.3 is 0 Å². The van der Waals surface area contributed by atoms with Crippen LogP contribution in [0.1, 0.15) is 12.1 Å². The van der Waals surface area contributed by atoms with Gasteiger partial charge in [0.2, 0.25) is 0 Å². The van der Waals surface area contributed by atoms with Crippen molar-refractivity contribution in [1.82, 2.24) is 15.0 Å². The molecule has 78 valence electrons. The summed E-state index contributed by atoms with van der Waals surface area (Å²) < 4.78 is 7.19. The smallest absolute Gasteiger partial charge is 0.0833 e. The molecule has 1 aromatic rings. The molecule has 1 aromatic heterocycles. The fourth-order valence-electron chi connectivity index (χ4n) is 1.80. The number of nitrogens with zero attached hydrogens (tertiary/aromatic N) is 3. The first-order valence-corrected chi connectivity index (χ1v) is 5.85. The topological polar surface area (TPSA) is 39.9 Å². The van der Waals surface area contributed by atoms with Gasteiger partial charge in [0.05, 0.1) is 12.3 Å². The molecule has 1 fully saturated rings. The highest BCUT2D eigenvalue weighted by Crippen LogP contribution is 2.33. The Balaban J connectivity index is 2.08. The molecule has 2 heterocycles. The number of rotatable bonds is 3. The molecular weight excluding hydrogens is 246 g/mol. The lowest BCUT2D eigenvalue weighted by molar-refractivity contribution is 0.161. The fourth-order valence-corrected chi connectivity index (χ4v) is 2.44. The molecule has 0 bridgehead atoms. The van der Waals surface area contributed by atoms with E-state index in [1.807, 2.05) is 13.2 Å². The van der Waals surface area contributed by atoms with E-state index in [-0.39, 0.29) is 5.41 Å². The maximum absolute atomic E-state index is 5.45. The highest BCUT2D eigenvalue weighted by molar-refractivity contribution is 9.09. The molecule has 1 saturated heterocycles. The summed E-state index contributed by atoms with van der Waals surface area (Å²) in [6, 6.07) is 0. The quantitative estimate of drug-likeness (QED) is 0.765. The molecule has 1 unspecified atom stereocenters. The average Bonchev–Trinajstić information content (AvgIpc) is 2.77. The zero-order chi connectivity index (χ0) is 10.0. The molecule has 0 radical (unpaired) electrons. The molecule has 2 rings (SSSR count). The molecule has 0 aliphatic carbocycles. The summed E-state index contributed by atoms with van der Waals surface area (Å²) in [5.41, 5.74) is 1.29. The molecule has 1 aliphatic rings. The van der Waals surface area contributed by atoms with Gasteiger partial charge in [-0.2, -0.15) is 0 Å². The van der Waals surface area contributed by atoms with Crippen LogP contribution in [0.25, 0.3) is 0 Å². The number of hydrogen-bond donors (Lipinski definition) is 0. The summed E-state index contributed by atoms with van der Waals surface area (Å²) in [5.74, 6) is 0. The average molecular weight is 260 g/mol. The van der Waals surface area contributed by atoms with Crippen LogP contribution in [0.15, 0.2) is 6.20 Å². The van der Waals surface area contributed by atoms with E-state index >= 15 is 0 Å². The molecule has 4 nitrogen and oxygen atoms in total. The van der Waals surface area contributed by atoms with Gasteiger partial charge in [0.1, 0.15) is 0 Å². The van der Waals surface area contributed by atoms with Crippen molar-refractivity contribution in [3.8, 4) is 0 Å². The van der Waals surface area contributed by atoms with Crippen molar-refractivity contribution < 1.29 is 4.74 Å². The van der Waals surface area contributed by atoms with Crippen molar-refractivity contribution in [1.29, 1.82) is 0 Å². The Kier molecular flexibility index (Phi) is 2.88.